The number of rotatable bonds is 1. The first-order valence-corrected chi connectivity index (χ1v) is 3.61. The van der Waals surface area contributed by atoms with E-state index in [1.54, 1.807) is 12.1 Å². The molecule has 0 fully saturated rings. The van der Waals surface area contributed by atoms with E-state index in [0.29, 0.717) is 5.69 Å². The Kier molecular flexibility index (Phi) is 2.15. The maximum atomic E-state index is 6.98. The molecule has 1 rings (SSSR count). The Morgan fingerprint density at radius 3 is 2.60 bits per heavy atom. The lowest BCUT2D eigenvalue weighted by molar-refractivity contribution is 0.985. The van der Waals surface area contributed by atoms with Crippen LogP contribution < -0.4 is 5.73 Å². The number of nitrogens with zero attached hydrogens (tertiary/aromatic N) is 2. The largest absolute Gasteiger partial charge is 0.382 e. The van der Waals surface area contributed by atoms with Crippen LogP contribution in [0.2, 0.25) is 0 Å². The number of hydrogen-bond acceptors (Lipinski definition) is 3. The molecule has 0 amide bonds. The normalized spacial score (nSPS) is 9.30. The first kappa shape index (κ1) is 7.39. The van der Waals surface area contributed by atoms with Crippen molar-refractivity contribution in [3.05, 3.63) is 21.5 Å². The fraction of sp³-hybridized carbons (Fsp3) is 0. The molecule has 0 saturated carbocycles. The molecule has 0 spiro atoms. The molecule has 10 heavy (non-hydrogen) atoms. The van der Waals surface area contributed by atoms with E-state index in [2.05, 4.69) is 10.2 Å². The van der Waals surface area contributed by atoms with E-state index in [1.807, 2.05) is 22.6 Å². The quantitative estimate of drug-likeness (QED) is 0.428. The molecule has 52 valence electrons. The molecule has 1 aromatic rings. The maximum Gasteiger partial charge on any atom is 0.143 e. The van der Waals surface area contributed by atoms with Crippen LogP contribution in [0.1, 0.15) is 5.69 Å². The van der Waals surface area contributed by atoms with Gasteiger partial charge in [0.15, 0.2) is 0 Å². The average molecular weight is 248 g/mol. The van der Waals surface area contributed by atoms with Gasteiger partial charge in [0.2, 0.25) is 0 Å². The van der Waals surface area contributed by atoms with Gasteiger partial charge in [0.25, 0.3) is 0 Å². The van der Waals surface area contributed by atoms with Crippen molar-refractivity contribution in [3.8, 4) is 0 Å². The zero-order valence-electron chi connectivity index (χ0n) is 5.00. The second-order valence-electron chi connectivity index (χ2n) is 1.65. The van der Waals surface area contributed by atoms with Crippen molar-refractivity contribution < 1.29 is 0 Å². The number of halogens is 1. The van der Waals surface area contributed by atoms with E-state index in [0.717, 1.165) is 3.70 Å². The minimum atomic E-state index is -0.0519. The predicted octanol–water partition coefficient (Wildman–Crippen LogP) is 0.365. The van der Waals surface area contributed by atoms with Gasteiger partial charge in [-0.05, 0) is 34.7 Å². The first-order chi connectivity index (χ1) is 4.70. The first-order valence-electron chi connectivity index (χ1n) is 2.54. The van der Waals surface area contributed by atoms with Crippen LogP contribution in [0.4, 0.5) is 0 Å². The summed E-state index contributed by atoms with van der Waals surface area (Å²) in [6.45, 7) is 0. The summed E-state index contributed by atoms with van der Waals surface area (Å²) in [5.41, 5.74) is 5.56. The van der Waals surface area contributed by atoms with Crippen molar-refractivity contribution in [2.45, 2.75) is 0 Å². The smallest absolute Gasteiger partial charge is 0.143 e. The minimum Gasteiger partial charge on any atom is -0.382 e. The lowest BCUT2D eigenvalue weighted by atomic mass is 10.4. The Balaban J connectivity index is 3.00. The Morgan fingerprint density at radius 1 is 1.50 bits per heavy atom. The van der Waals surface area contributed by atoms with Gasteiger partial charge in [-0.3, -0.25) is 5.41 Å². The van der Waals surface area contributed by atoms with Crippen LogP contribution in [0.3, 0.4) is 0 Å². The van der Waals surface area contributed by atoms with E-state index in [1.165, 1.54) is 0 Å². The Labute approximate surface area is 71.5 Å². The Morgan fingerprint density at radius 2 is 2.20 bits per heavy atom. The van der Waals surface area contributed by atoms with Gasteiger partial charge in [-0.1, -0.05) is 0 Å². The van der Waals surface area contributed by atoms with Crippen molar-refractivity contribution in [1.29, 1.82) is 5.41 Å². The lowest BCUT2D eigenvalue weighted by Gasteiger charge is -1.93. The fourth-order valence-electron chi connectivity index (χ4n) is 0.460. The molecule has 0 bridgehead atoms. The van der Waals surface area contributed by atoms with Gasteiger partial charge in [0, 0.05) is 0 Å². The van der Waals surface area contributed by atoms with Crippen LogP contribution in [-0.4, -0.2) is 16.0 Å². The van der Waals surface area contributed by atoms with Crippen LogP contribution in [0.25, 0.3) is 0 Å². The van der Waals surface area contributed by atoms with Gasteiger partial charge in [0.05, 0.1) is 0 Å². The zero-order chi connectivity index (χ0) is 7.56. The highest BCUT2D eigenvalue weighted by atomic mass is 127. The summed E-state index contributed by atoms with van der Waals surface area (Å²) in [7, 11) is 0. The number of amidine groups is 1. The van der Waals surface area contributed by atoms with Crippen molar-refractivity contribution in [3.63, 3.8) is 0 Å². The monoisotopic (exact) mass is 248 g/mol. The van der Waals surface area contributed by atoms with Crippen LogP contribution >= 0.6 is 22.6 Å². The van der Waals surface area contributed by atoms with Crippen molar-refractivity contribution in [2.24, 2.45) is 5.73 Å². The van der Waals surface area contributed by atoms with E-state index in [9.17, 15) is 0 Å². The average Bonchev–Trinajstić information content (AvgIpc) is 1.88. The summed E-state index contributed by atoms with van der Waals surface area (Å²) < 4.78 is 0.794. The molecular weight excluding hydrogens is 243 g/mol. The highest BCUT2D eigenvalue weighted by Gasteiger charge is 1.96. The van der Waals surface area contributed by atoms with Crippen molar-refractivity contribution >= 4 is 28.4 Å². The van der Waals surface area contributed by atoms with E-state index >= 15 is 0 Å². The number of nitrogens with one attached hydrogen (secondary N) is 1. The van der Waals surface area contributed by atoms with Gasteiger partial charge in [0.1, 0.15) is 15.2 Å². The summed E-state index contributed by atoms with van der Waals surface area (Å²) in [5.74, 6) is -0.0519. The summed E-state index contributed by atoms with van der Waals surface area (Å²) in [6.07, 6.45) is 0. The summed E-state index contributed by atoms with van der Waals surface area (Å²) in [5, 5.41) is 14.4. The molecule has 0 radical (unpaired) electrons. The van der Waals surface area contributed by atoms with E-state index < -0.39 is 0 Å². The van der Waals surface area contributed by atoms with Gasteiger partial charge in [-0.15, -0.1) is 10.2 Å². The van der Waals surface area contributed by atoms with Crippen LogP contribution in [0.15, 0.2) is 12.1 Å². The number of nitrogen functional groups attached to an aromatic ring is 1. The fourth-order valence-corrected chi connectivity index (χ4v) is 0.747. The molecule has 0 unspecified atom stereocenters. The molecule has 0 atom stereocenters. The van der Waals surface area contributed by atoms with Crippen molar-refractivity contribution in [1.82, 2.24) is 10.2 Å². The van der Waals surface area contributed by atoms with Gasteiger partial charge in [-0.25, -0.2) is 0 Å². The van der Waals surface area contributed by atoms with Crippen LogP contribution in [0.5, 0.6) is 0 Å². The second kappa shape index (κ2) is 2.91. The third-order valence-electron chi connectivity index (χ3n) is 0.908. The summed E-state index contributed by atoms with van der Waals surface area (Å²) in [6, 6.07) is 3.42. The number of hydrogen-bond donors (Lipinski definition) is 2. The lowest BCUT2D eigenvalue weighted by Crippen LogP contribution is -2.13. The van der Waals surface area contributed by atoms with Crippen LogP contribution in [-0.2, 0) is 0 Å². The molecule has 5 heteroatoms. The molecule has 3 N–H and O–H groups in total. The maximum absolute atomic E-state index is 6.98. The summed E-state index contributed by atoms with van der Waals surface area (Å²) >= 11 is 2.03. The summed E-state index contributed by atoms with van der Waals surface area (Å²) in [4.78, 5) is 0. The topological polar surface area (TPSA) is 75.7 Å². The standard InChI is InChI=1S/C5H5IN4/c6-4-2-1-3(5(7)8)9-10-4/h1-2H,(H3,7,8). The van der Waals surface area contributed by atoms with Gasteiger partial charge in [-0.2, -0.15) is 0 Å². The van der Waals surface area contributed by atoms with Crippen LogP contribution in [0, 0.1) is 9.11 Å². The number of aromatic nitrogens is 2. The Bertz CT molecular complexity index is 242. The SMILES string of the molecule is N=C(N)c1ccc(I)nn1. The molecule has 0 aliphatic carbocycles. The molecule has 0 saturated heterocycles. The third-order valence-corrected chi connectivity index (χ3v) is 1.48. The van der Waals surface area contributed by atoms with Crippen molar-refractivity contribution in [2.75, 3.05) is 0 Å². The highest BCUT2D eigenvalue weighted by molar-refractivity contribution is 14.1. The van der Waals surface area contributed by atoms with Gasteiger partial charge < -0.3 is 5.73 Å². The predicted molar refractivity (Wildman–Crippen MR) is 45.8 cm³/mol. The molecule has 0 aliphatic heterocycles. The number of nitrogens with two attached hydrogens (primary N) is 1. The van der Waals surface area contributed by atoms with E-state index in [4.69, 9.17) is 11.1 Å². The van der Waals surface area contributed by atoms with E-state index in [-0.39, 0.29) is 5.84 Å². The Hall–Kier alpha value is -0.720. The molecular formula is C5H5IN4. The molecule has 1 heterocycles. The molecule has 1 aromatic heterocycles. The molecule has 4 nitrogen and oxygen atoms in total. The minimum absolute atomic E-state index is 0.0519. The second-order valence-corrected chi connectivity index (χ2v) is 2.76. The molecule has 0 aromatic carbocycles. The highest BCUT2D eigenvalue weighted by Crippen LogP contribution is 1.97. The molecule has 0 aliphatic rings. The zero-order valence-corrected chi connectivity index (χ0v) is 7.16. The third kappa shape index (κ3) is 1.63. The van der Waals surface area contributed by atoms with Gasteiger partial charge >= 0.3 is 0 Å².